The van der Waals surface area contributed by atoms with E-state index in [1.165, 1.54) is 71.1 Å². The van der Waals surface area contributed by atoms with E-state index >= 15 is 0 Å². The molecule has 1 aromatic carbocycles. The van der Waals surface area contributed by atoms with E-state index in [1.54, 1.807) is 12.1 Å². The van der Waals surface area contributed by atoms with Crippen LogP contribution in [0.25, 0.3) is 0 Å². The molecule has 0 spiro atoms. The standard InChI is InChI=1S/C24H36F2/c1-3-4-5-6-18-7-9-19(10-8-18)20-11-13-21(14-12-20)22-15-23(25)17(2)24(26)16-22/h15-16,18-21H,3-14H2,1-2H3. The van der Waals surface area contributed by atoms with Crippen molar-refractivity contribution in [1.29, 1.82) is 0 Å². The quantitative estimate of drug-likeness (QED) is 0.451. The molecule has 2 aliphatic carbocycles. The number of unbranched alkanes of at least 4 members (excludes halogenated alkanes) is 2. The lowest BCUT2D eigenvalue weighted by molar-refractivity contribution is 0.155. The van der Waals surface area contributed by atoms with Crippen LogP contribution in [-0.4, -0.2) is 0 Å². The first-order valence-corrected chi connectivity index (χ1v) is 11.0. The molecule has 2 fully saturated rings. The molecule has 0 atom stereocenters. The van der Waals surface area contributed by atoms with Crippen LogP contribution in [0.3, 0.4) is 0 Å². The Labute approximate surface area is 158 Å². The highest BCUT2D eigenvalue weighted by molar-refractivity contribution is 5.28. The van der Waals surface area contributed by atoms with Crippen molar-refractivity contribution in [1.82, 2.24) is 0 Å². The lowest BCUT2D eigenvalue weighted by atomic mass is 9.68. The molecular weight excluding hydrogens is 326 g/mol. The van der Waals surface area contributed by atoms with Gasteiger partial charge in [0.2, 0.25) is 0 Å². The van der Waals surface area contributed by atoms with Crippen LogP contribution in [0.4, 0.5) is 8.78 Å². The van der Waals surface area contributed by atoms with Gasteiger partial charge in [-0.25, -0.2) is 8.78 Å². The zero-order chi connectivity index (χ0) is 18.5. The lowest BCUT2D eigenvalue weighted by Gasteiger charge is -2.38. The summed E-state index contributed by atoms with van der Waals surface area (Å²) >= 11 is 0. The molecule has 2 saturated carbocycles. The number of halogens is 2. The van der Waals surface area contributed by atoms with Crippen LogP contribution in [0.1, 0.15) is 101 Å². The predicted octanol–water partition coefficient (Wildman–Crippen LogP) is 7.93. The lowest BCUT2D eigenvalue weighted by Crippen LogP contribution is -2.25. The first-order chi connectivity index (χ1) is 12.6. The first kappa shape index (κ1) is 19.8. The fourth-order valence-corrected chi connectivity index (χ4v) is 5.46. The molecule has 2 aliphatic rings. The summed E-state index contributed by atoms with van der Waals surface area (Å²) in [6, 6.07) is 3.15. The van der Waals surface area contributed by atoms with E-state index in [4.69, 9.17) is 0 Å². The third kappa shape index (κ3) is 4.87. The van der Waals surface area contributed by atoms with Crippen LogP contribution in [0.2, 0.25) is 0 Å². The van der Waals surface area contributed by atoms with Gasteiger partial charge >= 0.3 is 0 Å². The largest absolute Gasteiger partial charge is 0.207 e. The van der Waals surface area contributed by atoms with E-state index in [9.17, 15) is 8.78 Å². The zero-order valence-electron chi connectivity index (χ0n) is 16.7. The Morgan fingerprint density at radius 3 is 1.88 bits per heavy atom. The SMILES string of the molecule is CCCCCC1CCC(C2CCC(c3cc(F)c(C)c(F)c3)CC2)CC1. The summed E-state index contributed by atoms with van der Waals surface area (Å²) in [4.78, 5) is 0. The molecule has 1 aromatic rings. The van der Waals surface area contributed by atoms with Crippen LogP contribution >= 0.6 is 0 Å². The van der Waals surface area contributed by atoms with E-state index in [1.807, 2.05) is 0 Å². The molecule has 0 nitrogen and oxygen atoms in total. The van der Waals surface area contributed by atoms with Gasteiger partial charge in [-0.1, -0.05) is 45.4 Å². The van der Waals surface area contributed by atoms with E-state index in [-0.39, 0.29) is 17.2 Å². The van der Waals surface area contributed by atoms with E-state index in [0.29, 0.717) is 5.92 Å². The summed E-state index contributed by atoms with van der Waals surface area (Å²) in [5.41, 5.74) is 1.03. The summed E-state index contributed by atoms with van der Waals surface area (Å²) in [5, 5.41) is 0. The summed E-state index contributed by atoms with van der Waals surface area (Å²) in [6.45, 7) is 3.80. The van der Waals surface area contributed by atoms with Gasteiger partial charge in [0.1, 0.15) is 11.6 Å². The second-order valence-electron chi connectivity index (χ2n) is 9.00. The minimum absolute atomic E-state index is 0.151. The minimum atomic E-state index is -0.386. The molecule has 0 bridgehead atoms. The van der Waals surface area contributed by atoms with Crippen molar-refractivity contribution in [2.75, 3.05) is 0 Å². The smallest absolute Gasteiger partial charge is 0.129 e. The number of hydrogen-bond donors (Lipinski definition) is 0. The third-order valence-electron chi connectivity index (χ3n) is 7.32. The van der Waals surface area contributed by atoms with Gasteiger partial charge in [-0.15, -0.1) is 0 Å². The second-order valence-corrected chi connectivity index (χ2v) is 9.00. The Hall–Kier alpha value is -0.920. The number of benzene rings is 1. The van der Waals surface area contributed by atoms with Crippen molar-refractivity contribution in [3.05, 3.63) is 34.9 Å². The minimum Gasteiger partial charge on any atom is -0.207 e. The normalized spacial score (nSPS) is 29.7. The summed E-state index contributed by atoms with van der Waals surface area (Å²) in [6.07, 6.45) is 16.0. The van der Waals surface area contributed by atoms with Crippen molar-refractivity contribution in [3.8, 4) is 0 Å². The average Bonchev–Trinajstić information content (AvgIpc) is 2.67. The highest BCUT2D eigenvalue weighted by atomic mass is 19.1. The Kier molecular flexibility index (Phi) is 7.12. The van der Waals surface area contributed by atoms with E-state index in [0.717, 1.165) is 36.2 Å². The predicted molar refractivity (Wildman–Crippen MR) is 105 cm³/mol. The highest BCUT2D eigenvalue weighted by Gasteiger charge is 2.31. The number of hydrogen-bond acceptors (Lipinski definition) is 0. The maximum atomic E-state index is 13.9. The van der Waals surface area contributed by atoms with Gasteiger partial charge in [0.25, 0.3) is 0 Å². The maximum Gasteiger partial charge on any atom is 0.129 e. The summed E-state index contributed by atoms with van der Waals surface area (Å²) < 4.78 is 27.7. The van der Waals surface area contributed by atoms with Crippen LogP contribution in [0.5, 0.6) is 0 Å². The molecule has 0 aromatic heterocycles. The van der Waals surface area contributed by atoms with Gasteiger partial charge in [-0.3, -0.25) is 0 Å². The van der Waals surface area contributed by atoms with Crippen LogP contribution in [0.15, 0.2) is 12.1 Å². The molecule has 0 saturated heterocycles. The Morgan fingerprint density at radius 2 is 1.35 bits per heavy atom. The van der Waals surface area contributed by atoms with E-state index in [2.05, 4.69) is 6.92 Å². The van der Waals surface area contributed by atoms with Gasteiger partial charge in [-0.05, 0) is 86.8 Å². The Morgan fingerprint density at radius 1 is 0.808 bits per heavy atom. The van der Waals surface area contributed by atoms with Crippen molar-refractivity contribution in [2.45, 2.75) is 96.8 Å². The monoisotopic (exact) mass is 362 g/mol. The van der Waals surface area contributed by atoms with Gasteiger partial charge in [0.15, 0.2) is 0 Å². The Balaban J connectivity index is 1.46. The fraction of sp³-hybridized carbons (Fsp3) is 0.750. The maximum absolute atomic E-state index is 13.9. The van der Waals surface area contributed by atoms with Crippen molar-refractivity contribution in [2.24, 2.45) is 17.8 Å². The molecule has 0 aliphatic heterocycles. The van der Waals surface area contributed by atoms with Crippen molar-refractivity contribution >= 4 is 0 Å². The number of rotatable bonds is 6. The fourth-order valence-electron chi connectivity index (χ4n) is 5.46. The van der Waals surface area contributed by atoms with Crippen molar-refractivity contribution < 1.29 is 8.78 Å². The van der Waals surface area contributed by atoms with Crippen LogP contribution in [-0.2, 0) is 0 Å². The van der Waals surface area contributed by atoms with Gasteiger partial charge < -0.3 is 0 Å². The zero-order valence-corrected chi connectivity index (χ0v) is 16.7. The average molecular weight is 363 g/mol. The van der Waals surface area contributed by atoms with E-state index < -0.39 is 0 Å². The van der Waals surface area contributed by atoms with Gasteiger partial charge in [0.05, 0.1) is 0 Å². The van der Waals surface area contributed by atoms with Gasteiger partial charge in [-0.2, -0.15) is 0 Å². The molecular formula is C24H36F2. The van der Waals surface area contributed by atoms with Crippen LogP contribution in [0, 0.1) is 36.3 Å². The van der Waals surface area contributed by atoms with Crippen LogP contribution < -0.4 is 0 Å². The second kappa shape index (κ2) is 9.33. The molecule has 2 heteroatoms. The molecule has 26 heavy (non-hydrogen) atoms. The van der Waals surface area contributed by atoms with Crippen molar-refractivity contribution in [3.63, 3.8) is 0 Å². The topological polar surface area (TPSA) is 0 Å². The molecule has 0 unspecified atom stereocenters. The summed E-state index contributed by atoms with van der Waals surface area (Å²) in [7, 11) is 0. The molecule has 146 valence electrons. The Bertz CT molecular complexity index is 541. The molecule has 0 radical (unpaired) electrons. The summed E-state index contributed by atoms with van der Waals surface area (Å²) in [5.74, 6) is 2.31. The van der Waals surface area contributed by atoms with Gasteiger partial charge in [0, 0.05) is 5.56 Å². The third-order valence-corrected chi connectivity index (χ3v) is 7.32. The molecule has 0 N–H and O–H groups in total. The molecule has 0 amide bonds. The molecule has 3 rings (SSSR count). The first-order valence-electron chi connectivity index (χ1n) is 11.0. The molecule has 0 heterocycles. The highest BCUT2D eigenvalue weighted by Crippen LogP contribution is 2.44.